The van der Waals surface area contributed by atoms with E-state index < -0.39 is 5.82 Å². The van der Waals surface area contributed by atoms with Crippen molar-refractivity contribution in [2.45, 2.75) is 19.4 Å². The van der Waals surface area contributed by atoms with Gasteiger partial charge in [0.05, 0.1) is 16.1 Å². The first-order valence-electron chi connectivity index (χ1n) is 6.17. The van der Waals surface area contributed by atoms with Crippen LogP contribution >= 0.6 is 23.2 Å². The van der Waals surface area contributed by atoms with E-state index in [1.807, 2.05) is 13.0 Å². The van der Waals surface area contributed by atoms with Crippen molar-refractivity contribution in [2.75, 3.05) is 5.32 Å². The summed E-state index contributed by atoms with van der Waals surface area (Å²) in [6.07, 6.45) is 0.732. The minimum Gasteiger partial charge on any atom is -0.378 e. The van der Waals surface area contributed by atoms with Gasteiger partial charge < -0.3 is 5.32 Å². The molecule has 0 radical (unpaired) electrons. The van der Waals surface area contributed by atoms with Crippen molar-refractivity contribution in [3.63, 3.8) is 0 Å². The van der Waals surface area contributed by atoms with E-state index >= 15 is 0 Å². The van der Waals surface area contributed by atoms with Crippen LogP contribution in [-0.4, -0.2) is 0 Å². The number of benzene rings is 2. The minimum atomic E-state index is -0.641. The van der Waals surface area contributed by atoms with Crippen LogP contribution in [0, 0.1) is 11.6 Å². The molecule has 1 N–H and O–H groups in total. The second-order valence-electron chi connectivity index (χ2n) is 4.41. The number of nitrogens with one attached hydrogen (secondary N) is 1. The predicted octanol–water partition coefficient (Wildman–Crippen LogP) is 5.83. The molecule has 2 rings (SSSR count). The summed E-state index contributed by atoms with van der Waals surface area (Å²) in [6, 6.07) is 9.16. The summed E-state index contributed by atoms with van der Waals surface area (Å²) in [5.74, 6) is -0.935. The van der Waals surface area contributed by atoms with Gasteiger partial charge in [-0.1, -0.05) is 42.3 Å². The first kappa shape index (κ1) is 15.1. The molecule has 0 saturated carbocycles. The average Bonchev–Trinajstić information content (AvgIpc) is 2.42. The van der Waals surface area contributed by atoms with Gasteiger partial charge in [0.25, 0.3) is 0 Å². The molecule has 106 valence electrons. The second kappa shape index (κ2) is 6.42. The van der Waals surface area contributed by atoms with Crippen molar-refractivity contribution in [1.82, 2.24) is 0 Å². The Labute approximate surface area is 126 Å². The number of hydrogen-bond acceptors (Lipinski definition) is 1. The summed E-state index contributed by atoms with van der Waals surface area (Å²) in [5, 5.41) is 3.08. The third-order valence-corrected chi connectivity index (χ3v) is 3.53. The molecule has 0 aromatic heterocycles. The third-order valence-electron chi connectivity index (χ3n) is 2.98. The summed E-state index contributed by atoms with van der Waals surface area (Å²) in [7, 11) is 0. The van der Waals surface area contributed by atoms with Gasteiger partial charge in [-0.3, -0.25) is 0 Å². The van der Waals surface area contributed by atoms with E-state index in [2.05, 4.69) is 5.32 Å². The molecule has 0 bridgehead atoms. The molecule has 5 heteroatoms. The van der Waals surface area contributed by atoms with Crippen molar-refractivity contribution in [1.29, 1.82) is 0 Å². The van der Waals surface area contributed by atoms with Crippen LogP contribution < -0.4 is 5.32 Å². The van der Waals surface area contributed by atoms with E-state index in [-0.39, 0.29) is 21.9 Å². The van der Waals surface area contributed by atoms with Crippen LogP contribution in [0.5, 0.6) is 0 Å². The van der Waals surface area contributed by atoms with E-state index in [4.69, 9.17) is 23.2 Å². The fraction of sp³-hybridized carbons (Fsp3) is 0.200. The average molecular weight is 316 g/mol. The zero-order valence-electron chi connectivity index (χ0n) is 10.8. The van der Waals surface area contributed by atoms with Crippen LogP contribution in [-0.2, 0) is 0 Å². The fourth-order valence-corrected chi connectivity index (χ4v) is 2.47. The Morgan fingerprint density at radius 3 is 2.30 bits per heavy atom. The summed E-state index contributed by atoms with van der Waals surface area (Å²) >= 11 is 11.5. The molecule has 20 heavy (non-hydrogen) atoms. The van der Waals surface area contributed by atoms with Crippen molar-refractivity contribution >= 4 is 28.9 Å². The topological polar surface area (TPSA) is 12.0 Å². The highest BCUT2D eigenvalue weighted by molar-refractivity contribution is 6.35. The molecular formula is C15H13Cl2F2N. The molecule has 2 aromatic carbocycles. The summed E-state index contributed by atoms with van der Waals surface area (Å²) in [6.45, 7) is 1.97. The molecule has 1 atom stereocenters. The molecular weight excluding hydrogens is 303 g/mol. The normalized spacial score (nSPS) is 12.2. The Kier molecular flexibility index (Phi) is 4.84. The minimum absolute atomic E-state index is 0.0471. The zero-order valence-corrected chi connectivity index (χ0v) is 12.3. The molecule has 1 unspecified atom stereocenters. The zero-order chi connectivity index (χ0) is 14.7. The Hall–Kier alpha value is -1.32. The second-order valence-corrected chi connectivity index (χ2v) is 5.23. The van der Waals surface area contributed by atoms with E-state index in [0.717, 1.165) is 12.0 Å². The van der Waals surface area contributed by atoms with Gasteiger partial charge in [0.1, 0.15) is 5.82 Å². The van der Waals surface area contributed by atoms with Crippen LogP contribution in [0.1, 0.15) is 24.9 Å². The highest BCUT2D eigenvalue weighted by atomic mass is 35.5. The van der Waals surface area contributed by atoms with Gasteiger partial charge in [-0.25, -0.2) is 8.78 Å². The lowest BCUT2D eigenvalue weighted by molar-refractivity contribution is 0.620. The summed E-state index contributed by atoms with van der Waals surface area (Å²) in [5.41, 5.74) is 1.40. The summed E-state index contributed by atoms with van der Waals surface area (Å²) < 4.78 is 26.6. The van der Waals surface area contributed by atoms with Gasteiger partial charge in [-0.05, 0) is 36.2 Å². The smallest absolute Gasteiger partial charge is 0.160 e. The molecule has 0 aliphatic heterocycles. The van der Waals surface area contributed by atoms with Crippen LogP contribution in [0.4, 0.5) is 14.5 Å². The van der Waals surface area contributed by atoms with Gasteiger partial charge in [0.15, 0.2) is 5.82 Å². The lowest BCUT2D eigenvalue weighted by Gasteiger charge is -2.19. The maximum absolute atomic E-state index is 13.4. The van der Waals surface area contributed by atoms with Crippen LogP contribution in [0.15, 0.2) is 36.4 Å². The van der Waals surface area contributed by atoms with Crippen molar-refractivity contribution in [2.24, 2.45) is 0 Å². The maximum Gasteiger partial charge on any atom is 0.160 e. The van der Waals surface area contributed by atoms with Gasteiger partial charge in [-0.2, -0.15) is 0 Å². The molecule has 2 aromatic rings. The molecule has 0 saturated heterocycles. The van der Waals surface area contributed by atoms with Crippen LogP contribution in [0.3, 0.4) is 0 Å². The van der Waals surface area contributed by atoms with Crippen LogP contribution in [0.2, 0.25) is 10.0 Å². The Balaban J connectivity index is 2.27. The lowest BCUT2D eigenvalue weighted by Crippen LogP contribution is -2.10. The molecule has 0 spiro atoms. The van der Waals surface area contributed by atoms with Crippen molar-refractivity contribution in [3.05, 3.63) is 63.6 Å². The van der Waals surface area contributed by atoms with Crippen molar-refractivity contribution in [3.8, 4) is 0 Å². The Morgan fingerprint density at radius 2 is 1.75 bits per heavy atom. The monoisotopic (exact) mass is 315 g/mol. The molecule has 0 heterocycles. The first-order chi connectivity index (χ1) is 9.51. The van der Waals surface area contributed by atoms with Gasteiger partial charge in [0.2, 0.25) is 0 Å². The highest BCUT2D eigenvalue weighted by Crippen LogP contribution is 2.30. The van der Waals surface area contributed by atoms with Gasteiger partial charge in [-0.15, -0.1) is 0 Å². The van der Waals surface area contributed by atoms with E-state index in [0.29, 0.717) is 5.69 Å². The van der Waals surface area contributed by atoms with Crippen LogP contribution in [0.25, 0.3) is 0 Å². The molecule has 0 amide bonds. The van der Waals surface area contributed by atoms with Crippen molar-refractivity contribution < 1.29 is 8.78 Å². The molecule has 0 fully saturated rings. The van der Waals surface area contributed by atoms with E-state index in [1.165, 1.54) is 24.3 Å². The SMILES string of the molecule is CCC(Nc1cc(Cl)c(F)c(Cl)c1)c1cccc(F)c1. The molecule has 0 aliphatic carbocycles. The predicted molar refractivity (Wildman–Crippen MR) is 79.5 cm³/mol. The standard InChI is InChI=1S/C15H13Cl2F2N/c1-2-14(9-4-3-5-10(18)6-9)20-11-7-12(16)15(19)13(17)8-11/h3-8,14,20H,2H2,1H3. The highest BCUT2D eigenvalue weighted by Gasteiger charge is 2.13. The largest absolute Gasteiger partial charge is 0.378 e. The Morgan fingerprint density at radius 1 is 1.10 bits per heavy atom. The fourth-order valence-electron chi connectivity index (χ4n) is 1.98. The molecule has 0 aliphatic rings. The number of hydrogen-bond donors (Lipinski definition) is 1. The first-order valence-corrected chi connectivity index (χ1v) is 6.93. The quantitative estimate of drug-likeness (QED) is 0.699. The number of anilines is 1. The van der Waals surface area contributed by atoms with E-state index in [9.17, 15) is 8.78 Å². The Bertz CT molecular complexity index is 594. The maximum atomic E-state index is 13.4. The van der Waals surface area contributed by atoms with E-state index in [1.54, 1.807) is 6.07 Å². The molecule has 1 nitrogen and oxygen atoms in total. The lowest BCUT2D eigenvalue weighted by atomic mass is 10.0. The van der Waals surface area contributed by atoms with Gasteiger partial charge in [0, 0.05) is 5.69 Å². The third kappa shape index (κ3) is 3.41. The number of rotatable bonds is 4. The summed E-state index contributed by atoms with van der Waals surface area (Å²) in [4.78, 5) is 0. The van der Waals surface area contributed by atoms with Gasteiger partial charge >= 0.3 is 0 Å². The number of halogens is 4.